The minimum Gasteiger partial charge on any atom is -0.362 e. The minimum absolute atomic E-state index is 0.0898. The van der Waals surface area contributed by atoms with Gasteiger partial charge in [0.15, 0.2) is 5.11 Å². The lowest BCUT2D eigenvalue weighted by atomic mass is 10.0. The Balaban J connectivity index is 1.64. The van der Waals surface area contributed by atoms with Gasteiger partial charge in [-0.2, -0.15) is 0 Å². The van der Waals surface area contributed by atoms with E-state index in [1.54, 1.807) is 6.07 Å². The van der Waals surface area contributed by atoms with Gasteiger partial charge >= 0.3 is 0 Å². The van der Waals surface area contributed by atoms with Crippen molar-refractivity contribution in [3.63, 3.8) is 0 Å². The van der Waals surface area contributed by atoms with E-state index in [9.17, 15) is 4.39 Å². The number of nitrogens with zero attached hydrogens (tertiary/aromatic N) is 1. The first kappa shape index (κ1) is 17.4. The van der Waals surface area contributed by atoms with Gasteiger partial charge in [0.1, 0.15) is 5.82 Å². The highest BCUT2D eigenvalue weighted by Crippen LogP contribution is 2.19. The zero-order valence-corrected chi connectivity index (χ0v) is 14.4. The maximum Gasteiger partial charge on any atom is 0.170 e. The van der Waals surface area contributed by atoms with Crippen LogP contribution in [0.25, 0.3) is 0 Å². The lowest BCUT2D eigenvalue weighted by Gasteiger charge is -2.30. The Morgan fingerprint density at radius 1 is 1.50 bits per heavy atom. The van der Waals surface area contributed by atoms with Gasteiger partial charge in [0.05, 0.1) is 5.02 Å². The van der Waals surface area contributed by atoms with Crippen LogP contribution in [0, 0.1) is 11.7 Å². The Hall–Kier alpha value is -0.910. The number of halogens is 2. The third-order valence-electron chi connectivity index (χ3n) is 3.86. The number of thiocarbonyl (C=S) groups is 1. The van der Waals surface area contributed by atoms with Crippen molar-refractivity contribution in [3.05, 3.63) is 29.0 Å². The van der Waals surface area contributed by atoms with Crippen LogP contribution in [-0.2, 0) is 0 Å². The van der Waals surface area contributed by atoms with Gasteiger partial charge in [-0.3, -0.25) is 0 Å². The molecule has 0 spiro atoms. The normalized spacial score (nSPS) is 19.0. The SMILES string of the molecule is C[C@@H]1CCCN(CCCNC(=S)Nc2ccc(F)c(Cl)c2)C1. The molecule has 0 saturated carbocycles. The monoisotopic (exact) mass is 343 g/mol. The van der Waals surface area contributed by atoms with E-state index in [1.165, 1.54) is 38.1 Å². The summed E-state index contributed by atoms with van der Waals surface area (Å²) in [6.45, 7) is 6.66. The zero-order chi connectivity index (χ0) is 15.9. The zero-order valence-electron chi connectivity index (χ0n) is 12.9. The molecule has 122 valence electrons. The van der Waals surface area contributed by atoms with Crippen LogP contribution in [0.1, 0.15) is 26.2 Å². The fourth-order valence-electron chi connectivity index (χ4n) is 2.74. The van der Waals surface area contributed by atoms with Crippen molar-refractivity contribution in [1.82, 2.24) is 10.2 Å². The van der Waals surface area contributed by atoms with Crippen molar-refractivity contribution in [2.24, 2.45) is 5.92 Å². The van der Waals surface area contributed by atoms with Crippen molar-refractivity contribution in [2.45, 2.75) is 26.2 Å². The molecule has 1 atom stereocenters. The summed E-state index contributed by atoms with van der Waals surface area (Å²) in [6, 6.07) is 4.47. The average Bonchev–Trinajstić information content (AvgIpc) is 2.48. The number of hydrogen-bond acceptors (Lipinski definition) is 2. The topological polar surface area (TPSA) is 27.3 Å². The van der Waals surface area contributed by atoms with Crippen LogP contribution in [0.15, 0.2) is 18.2 Å². The van der Waals surface area contributed by atoms with Crippen molar-refractivity contribution >= 4 is 34.6 Å². The molecule has 22 heavy (non-hydrogen) atoms. The van der Waals surface area contributed by atoms with E-state index in [4.69, 9.17) is 23.8 Å². The molecule has 1 aliphatic rings. The Morgan fingerprint density at radius 2 is 2.32 bits per heavy atom. The average molecular weight is 344 g/mol. The van der Waals surface area contributed by atoms with Crippen molar-refractivity contribution in [3.8, 4) is 0 Å². The van der Waals surface area contributed by atoms with Crippen LogP contribution >= 0.6 is 23.8 Å². The maximum atomic E-state index is 13.1. The number of hydrogen-bond donors (Lipinski definition) is 2. The van der Waals surface area contributed by atoms with Crippen LogP contribution in [0.5, 0.6) is 0 Å². The van der Waals surface area contributed by atoms with E-state index in [-0.39, 0.29) is 5.02 Å². The third-order valence-corrected chi connectivity index (χ3v) is 4.39. The second-order valence-corrected chi connectivity index (χ2v) is 6.73. The molecule has 3 nitrogen and oxygen atoms in total. The number of benzene rings is 1. The molecular formula is C16H23ClFN3S. The van der Waals surface area contributed by atoms with Gasteiger partial charge in [0.25, 0.3) is 0 Å². The predicted molar refractivity (Wildman–Crippen MR) is 95.1 cm³/mol. The molecule has 1 aliphatic heterocycles. The molecular weight excluding hydrogens is 321 g/mol. The Labute approximate surface area is 142 Å². The highest BCUT2D eigenvalue weighted by atomic mass is 35.5. The van der Waals surface area contributed by atoms with Crippen molar-refractivity contribution in [2.75, 3.05) is 31.5 Å². The van der Waals surface area contributed by atoms with Crippen LogP contribution < -0.4 is 10.6 Å². The Morgan fingerprint density at radius 3 is 3.05 bits per heavy atom. The van der Waals surface area contributed by atoms with Crippen molar-refractivity contribution < 1.29 is 4.39 Å². The van der Waals surface area contributed by atoms with Gasteiger partial charge in [0.2, 0.25) is 0 Å². The quantitative estimate of drug-likeness (QED) is 0.626. The number of piperidine rings is 1. The smallest absolute Gasteiger partial charge is 0.170 e. The lowest BCUT2D eigenvalue weighted by molar-refractivity contribution is 0.182. The van der Waals surface area contributed by atoms with E-state index < -0.39 is 5.82 Å². The summed E-state index contributed by atoms with van der Waals surface area (Å²) in [6.07, 6.45) is 3.71. The third kappa shape index (κ3) is 5.71. The summed E-state index contributed by atoms with van der Waals surface area (Å²) >= 11 is 11.0. The molecule has 0 aromatic heterocycles. The van der Waals surface area contributed by atoms with Crippen LogP contribution in [0.4, 0.5) is 10.1 Å². The summed E-state index contributed by atoms with van der Waals surface area (Å²) in [5.41, 5.74) is 0.689. The summed E-state index contributed by atoms with van der Waals surface area (Å²) in [7, 11) is 0. The fourth-order valence-corrected chi connectivity index (χ4v) is 3.14. The molecule has 0 bridgehead atoms. The van der Waals surface area contributed by atoms with Gasteiger partial charge in [-0.05, 0) is 68.7 Å². The number of likely N-dealkylation sites (tertiary alicyclic amines) is 1. The largest absolute Gasteiger partial charge is 0.362 e. The van der Waals surface area contributed by atoms with Gasteiger partial charge in [-0.25, -0.2) is 4.39 Å². The highest BCUT2D eigenvalue weighted by molar-refractivity contribution is 7.80. The van der Waals surface area contributed by atoms with E-state index in [1.807, 2.05) is 0 Å². The van der Waals surface area contributed by atoms with E-state index in [0.717, 1.165) is 25.4 Å². The van der Waals surface area contributed by atoms with Crippen LogP contribution in [0.3, 0.4) is 0 Å². The number of anilines is 1. The molecule has 1 fully saturated rings. The summed E-state index contributed by atoms with van der Waals surface area (Å²) in [5.74, 6) is 0.384. The summed E-state index contributed by atoms with van der Waals surface area (Å²) in [4.78, 5) is 2.52. The summed E-state index contributed by atoms with van der Waals surface area (Å²) < 4.78 is 13.1. The highest BCUT2D eigenvalue weighted by Gasteiger charge is 2.15. The first-order valence-electron chi connectivity index (χ1n) is 7.77. The molecule has 1 saturated heterocycles. The Kier molecular flexibility index (Phi) is 6.86. The molecule has 1 aromatic carbocycles. The molecule has 1 aromatic rings. The van der Waals surface area contributed by atoms with E-state index in [0.29, 0.717) is 10.8 Å². The van der Waals surface area contributed by atoms with Crippen LogP contribution in [0.2, 0.25) is 5.02 Å². The van der Waals surface area contributed by atoms with E-state index >= 15 is 0 Å². The number of rotatable bonds is 5. The lowest BCUT2D eigenvalue weighted by Crippen LogP contribution is -2.37. The molecule has 2 rings (SSSR count). The first-order valence-corrected chi connectivity index (χ1v) is 8.55. The molecule has 0 amide bonds. The minimum atomic E-state index is -0.429. The second kappa shape index (κ2) is 8.65. The molecule has 0 radical (unpaired) electrons. The van der Waals surface area contributed by atoms with E-state index in [2.05, 4.69) is 22.5 Å². The van der Waals surface area contributed by atoms with Crippen LogP contribution in [-0.4, -0.2) is 36.2 Å². The molecule has 1 heterocycles. The molecule has 6 heteroatoms. The Bertz CT molecular complexity index is 512. The van der Waals surface area contributed by atoms with Crippen molar-refractivity contribution in [1.29, 1.82) is 0 Å². The second-order valence-electron chi connectivity index (χ2n) is 5.91. The fraction of sp³-hybridized carbons (Fsp3) is 0.562. The molecule has 2 N–H and O–H groups in total. The predicted octanol–water partition coefficient (Wildman–Crippen LogP) is 3.89. The van der Waals surface area contributed by atoms with Gasteiger partial charge < -0.3 is 15.5 Å². The molecule has 0 unspecified atom stereocenters. The maximum absolute atomic E-state index is 13.1. The number of nitrogens with one attached hydrogen (secondary N) is 2. The molecule has 0 aliphatic carbocycles. The van der Waals surface area contributed by atoms with Gasteiger partial charge in [-0.1, -0.05) is 18.5 Å². The van der Waals surface area contributed by atoms with Gasteiger partial charge in [0, 0.05) is 18.8 Å². The van der Waals surface area contributed by atoms with Gasteiger partial charge in [-0.15, -0.1) is 0 Å². The summed E-state index contributed by atoms with van der Waals surface area (Å²) in [5, 5.41) is 6.81. The first-order chi connectivity index (χ1) is 10.5. The standard InChI is InChI=1S/C16H23ClFN3S/c1-12-4-2-8-21(11-12)9-3-7-19-16(22)20-13-5-6-15(18)14(17)10-13/h5-6,10,12H,2-4,7-9,11H2,1H3,(H2,19,20,22)/t12-/m1/s1.